The number of nitrogen functional groups attached to an aromatic ring is 1. The van der Waals surface area contributed by atoms with Crippen LogP contribution < -0.4 is 11.1 Å². The van der Waals surface area contributed by atoms with E-state index in [9.17, 15) is 9.59 Å². The van der Waals surface area contributed by atoms with Gasteiger partial charge in [-0.3, -0.25) is 4.90 Å². The van der Waals surface area contributed by atoms with E-state index in [4.69, 9.17) is 10.5 Å². The zero-order chi connectivity index (χ0) is 18.6. The molecule has 0 aromatic heterocycles. The van der Waals surface area contributed by atoms with Gasteiger partial charge < -0.3 is 15.8 Å². The van der Waals surface area contributed by atoms with Gasteiger partial charge in [-0.25, -0.2) is 9.59 Å². The Kier molecular flexibility index (Phi) is 6.07. The molecule has 0 aliphatic carbocycles. The van der Waals surface area contributed by atoms with Crippen molar-refractivity contribution in [3.63, 3.8) is 0 Å². The molecule has 6 heteroatoms. The highest BCUT2D eigenvalue weighted by Crippen LogP contribution is 2.32. The Morgan fingerprint density at radius 1 is 1.32 bits per heavy atom. The lowest BCUT2D eigenvalue weighted by Gasteiger charge is -2.35. The summed E-state index contributed by atoms with van der Waals surface area (Å²) in [4.78, 5) is 26.9. The monoisotopic (exact) mass is 345 g/mol. The number of ether oxygens (including phenoxy) is 1. The van der Waals surface area contributed by atoms with E-state index in [1.54, 1.807) is 24.0 Å². The van der Waals surface area contributed by atoms with Crippen LogP contribution in [0.4, 0.5) is 10.5 Å². The number of benzene rings is 1. The van der Waals surface area contributed by atoms with E-state index in [0.717, 1.165) is 18.4 Å². The average Bonchev–Trinajstić information content (AvgIpc) is 2.54. The highest BCUT2D eigenvalue weighted by atomic mass is 16.5. The van der Waals surface area contributed by atoms with Crippen LogP contribution in [0.2, 0.25) is 0 Å². The summed E-state index contributed by atoms with van der Waals surface area (Å²) in [6.45, 7) is 8.05. The van der Waals surface area contributed by atoms with Crippen LogP contribution in [0.5, 0.6) is 0 Å². The molecule has 0 fully saturated rings. The number of nitrogens with one attached hydrogen (secondary N) is 1. The van der Waals surface area contributed by atoms with Crippen LogP contribution in [0.15, 0.2) is 35.5 Å². The van der Waals surface area contributed by atoms with Gasteiger partial charge in [0, 0.05) is 17.9 Å². The highest BCUT2D eigenvalue weighted by molar-refractivity contribution is 5.95. The summed E-state index contributed by atoms with van der Waals surface area (Å²) < 4.78 is 5.42. The van der Waals surface area contributed by atoms with Crippen LogP contribution in [-0.4, -0.2) is 29.5 Å². The largest absolute Gasteiger partial charge is 0.459 e. The number of unbranched alkanes of at least 4 members (excludes halogenated alkanes) is 1. The van der Waals surface area contributed by atoms with Crippen LogP contribution >= 0.6 is 0 Å². The second-order valence-corrected chi connectivity index (χ2v) is 6.51. The SMILES string of the molecule is CCCCN1C(=O)N[C@@H](c2ccc(N)cc2)C(C(=O)OC(C)C)=C1C. The van der Waals surface area contributed by atoms with Gasteiger partial charge in [0.05, 0.1) is 17.7 Å². The van der Waals surface area contributed by atoms with Crippen molar-refractivity contribution in [3.8, 4) is 0 Å². The summed E-state index contributed by atoms with van der Waals surface area (Å²) in [7, 11) is 0. The van der Waals surface area contributed by atoms with E-state index < -0.39 is 12.0 Å². The summed E-state index contributed by atoms with van der Waals surface area (Å²) in [5, 5.41) is 2.93. The van der Waals surface area contributed by atoms with Crippen molar-refractivity contribution in [2.45, 2.75) is 52.7 Å². The maximum absolute atomic E-state index is 12.7. The van der Waals surface area contributed by atoms with Gasteiger partial charge in [-0.2, -0.15) is 0 Å². The number of hydrogen-bond donors (Lipinski definition) is 2. The van der Waals surface area contributed by atoms with E-state index in [0.29, 0.717) is 23.5 Å². The number of carbonyl (C=O) groups is 2. The maximum Gasteiger partial charge on any atom is 0.338 e. The minimum Gasteiger partial charge on any atom is -0.459 e. The summed E-state index contributed by atoms with van der Waals surface area (Å²) in [5.41, 5.74) is 8.29. The normalized spacial score (nSPS) is 17.7. The molecule has 0 saturated heterocycles. The third-order valence-electron chi connectivity index (χ3n) is 4.16. The number of nitrogens with two attached hydrogens (primary N) is 1. The van der Waals surface area contributed by atoms with E-state index in [1.807, 2.05) is 26.0 Å². The molecule has 25 heavy (non-hydrogen) atoms. The molecule has 6 nitrogen and oxygen atoms in total. The Hall–Kier alpha value is -2.50. The van der Waals surface area contributed by atoms with Crippen molar-refractivity contribution >= 4 is 17.7 Å². The fourth-order valence-corrected chi connectivity index (χ4v) is 2.85. The van der Waals surface area contributed by atoms with Crippen LogP contribution in [0.3, 0.4) is 0 Å². The lowest BCUT2D eigenvalue weighted by molar-refractivity contribution is -0.143. The Morgan fingerprint density at radius 2 is 1.96 bits per heavy atom. The molecule has 136 valence electrons. The van der Waals surface area contributed by atoms with Gasteiger partial charge in [0.2, 0.25) is 0 Å². The molecule has 0 spiro atoms. The van der Waals surface area contributed by atoms with E-state index in [1.165, 1.54) is 0 Å². The second-order valence-electron chi connectivity index (χ2n) is 6.51. The van der Waals surface area contributed by atoms with E-state index >= 15 is 0 Å². The number of anilines is 1. The second kappa shape index (κ2) is 8.05. The molecule has 2 rings (SSSR count). The maximum atomic E-state index is 12.7. The fraction of sp³-hybridized carbons (Fsp3) is 0.474. The first-order valence-electron chi connectivity index (χ1n) is 8.70. The van der Waals surface area contributed by atoms with Gasteiger partial charge in [-0.15, -0.1) is 0 Å². The Balaban J connectivity index is 2.46. The zero-order valence-electron chi connectivity index (χ0n) is 15.3. The molecule has 2 amide bonds. The molecule has 1 aromatic rings. The van der Waals surface area contributed by atoms with Gasteiger partial charge in [0.15, 0.2) is 0 Å². The first kappa shape index (κ1) is 18.8. The number of carbonyl (C=O) groups excluding carboxylic acids is 2. The molecular weight excluding hydrogens is 318 g/mol. The van der Waals surface area contributed by atoms with Gasteiger partial charge in [-0.1, -0.05) is 25.5 Å². The Bertz CT molecular complexity index is 665. The molecule has 1 atom stereocenters. The summed E-state index contributed by atoms with van der Waals surface area (Å²) in [5.74, 6) is -0.407. The summed E-state index contributed by atoms with van der Waals surface area (Å²) in [6, 6.07) is 6.40. The van der Waals surface area contributed by atoms with Crippen LogP contribution in [0, 0.1) is 0 Å². The standard InChI is InChI=1S/C19H27N3O3/c1-5-6-11-22-13(4)16(18(23)25-12(2)3)17(21-19(22)24)14-7-9-15(20)10-8-14/h7-10,12,17H,5-6,11,20H2,1-4H3,(H,21,24)/t17-/m0/s1. The van der Waals surface area contributed by atoms with Gasteiger partial charge in [0.1, 0.15) is 0 Å². The molecule has 0 unspecified atom stereocenters. The van der Waals surface area contributed by atoms with Crippen molar-refractivity contribution in [2.75, 3.05) is 12.3 Å². The molecule has 0 bridgehead atoms. The zero-order valence-corrected chi connectivity index (χ0v) is 15.3. The smallest absolute Gasteiger partial charge is 0.338 e. The van der Waals surface area contributed by atoms with E-state index in [-0.39, 0.29) is 12.1 Å². The van der Waals surface area contributed by atoms with Crippen molar-refractivity contribution in [2.24, 2.45) is 0 Å². The van der Waals surface area contributed by atoms with Crippen LogP contribution in [0.1, 0.15) is 52.1 Å². The van der Waals surface area contributed by atoms with Crippen molar-refractivity contribution in [1.82, 2.24) is 10.2 Å². The number of hydrogen-bond acceptors (Lipinski definition) is 4. The number of amides is 2. The predicted octanol–water partition coefficient (Wildman–Crippen LogP) is 3.36. The van der Waals surface area contributed by atoms with Crippen molar-refractivity contribution in [3.05, 3.63) is 41.1 Å². The Morgan fingerprint density at radius 3 is 2.52 bits per heavy atom. The molecule has 1 aromatic carbocycles. The van der Waals surface area contributed by atoms with Crippen molar-refractivity contribution in [1.29, 1.82) is 0 Å². The Labute approximate surface area is 149 Å². The number of allylic oxidation sites excluding steroid dienone is 1. The molecular formula is C19H27N3O3. The first-order chi connectivity index (χ1) is 11.8. The number of urea groups is 1. The first-order valence-corrected chi connectivity index (χ1v) is 8.70. The van der Waals surface area contributed by atoms with Gasteiger partial charge in [-0.05, 0) is 44.9 Å². The molecule has 3 N–H and O–H groups in total. The molecule has 0 radical (unpaired) electrons. The lowest BCUT2D eigenvalue weighted by atomic mass is 9.94. The molecule has 1 aliphatic rings. The van der Waals surface area contributed by atoms with Gasteiger partial charge in [0.25, 0.3) is 0 Å². The minimum atomic E-state index is -0.544. The average molecular weight is 345 g/mol. The topological polar surface area (TPSA) is 84.7 Å². The number of rotatable bonds is 6. The predicted molar refractivity (Wildman–Crippen MR) is 97.7 cm³/mol. The quantitative estimate of drug-likeness (QED) is 0.611. The lowest BCUT2D eigenvalue weighted by Crippen LogP contribution is -2.48. The summed E-state index contributed by atoms with van der Waals surface area (Å²) >= 11 is 0. The third kappa shape index (κ3) is 4.32. The fourth-order valence-electron chi connectivity index (χ4n) is 2.85. The highest BCUT2D eigenvalue weighted by Gasteiger charge is 2.36. The summed E-state index contributed by atoms with van der Waals surface area (Å²) in [6.07, 6.45) is 1.59. The van der Waals surface area contributed by atoms with Crippen LogP contribution in [0.25, 0.3) is 0 Å². The molecule has 0 saturated carbocycles. The van der Waals surface area contributed by atoms with Crippen LogP contribution in [-0.2, 0) is 9.53 Å². The number of esters is 1. The number of nitrogens with zero attached hydrogens (tertiary/aromatic N) is 1. The minimum absolute atomic E-state index is 0.200. The molecule has 1 heterocycles. The van der Waals surface area contributed by atoms with E-state index in [2.05, 4.69) is 12.2 Å². The van der Waals surface area contributed by atoms with Crippen molar-refractivity contribution < 1.29 is 14.3 Å². The molecule has 1 aliphatic heterocycles. The third-order valence-corrected chi connectivity index (χ3v) is 4.16. The van der Waals surface area contributed by atoms with Gasteiger partial charge >= 0.3 is 12.0 Å².